The molecule has 28 nitrogen and oxygen atoms in total. The fraction of sp³-hybridized carbons (Fsp3) is 0.115. The quantitative estimate of drug-likeness (QED) is 0.0193. The van der Waals surface area contributed by atoms with Crippen LogP contribution in [0, 0.1) is 0 Å². The van der Waals surface area contributed by atoms with Gasteiger partial charge in [-0.1, -0.05) is 125 Å². The number of pyridine rings is 5. The molecule has 5 heterocycles. The summed E-state index contributed by atoms with van der Waals surface area (Å²) in [5.74, 6) is -2.86. The van der Waals surface area contributed by atoms with E-state index in [-0.39, 0.29) is 106 Å². The molecule has 0 bridgehead atoms. The Morgan fingerprint density at radius 3 is 0.819 bits per heavy atom. The Bertz CT molecular complexity index is 7740. The van der Waals surface area contributed by atoms with E-state index in [0.29, 0.717) is 133 Å². The SMILES string of the molecule is C=CCS(=O)(=O)c1ccc(C(=O)Nc2ccc(Cl)c(-c3ccccn3)c2)cc1.CCCS(=O)(=O)c1ccc(C(=O)Nc2ccc(Cl)c(-c3ccccn3)c2)cc1.COCCS(=O)(=O)c1ccc(C(=O)Nc2ccc(Cl)c(-c3ccccn3)c2)cc1.O=C(Nc1ccc(Cl)c(-c2ccccn2)c1)c1ccc(S(=O)(=O)CCCO)cc1Cl.O=C(Nc1ccc(Cl)c(-c2ccccn2)c1)c1ccc(S(=O)(=O)CCO)cc1Cl. The standard InChI is InChI=1S/C21H18Cl2N2O4S.C21H19ClN2O4S.C21H19ClN2O3S.C21H17ClN2O3S.C20H16Cl2N2O4S/c22-18-8-5-14(12-17(18)20-4-1-2-9-24-20)25-21(27)16-7-6-15(13-19(16)23)30(28,29)11-3-10-26;1-28-12-13-29(26,27)17-8-5-15(6-9-17)21(25)24-16-7-10-19(22)18(14-16)20-4-2-3-11-23-20;2*1-2-13-28(26,27)17-9-6-15(7-10-17)21(25)24-16-8-11-19(22)18(14-16)20-5-3-4-12-23-20;21-17-7-4-13(11-16(17)19-3-1-2-8-23-19)24-20(26)15-6-5-14(12-18(15)22)29(27,28)10-9-25/h1-2,4-9,12-13,26H,3,10-11H2,(H,25,27);2-11,14H,12-13H2,1H3,(H,24,25);3-12,14H,2,13H2,1H3,(H,24,25);2-12,14H,1,13H2,(H,24,25);1-8,11-12,25H,9-10H2,(H,24,26). The van der Waals surface area contributed by atoms with Crippen molar-refractivity contribution in [2.45, 2.75) is 44.2 Å². The van der Waals surface area contributed by atoms with Gasteiger partial charge in [0.25, 0.3) is 29.5 Å². The first-order valence-electron chi connectivity index (χ1n) is 43.3. The second-order valence-corrected chi connectivity index (χ2v) is 44.1. The molecule has 0 aliphatic carbocycles. The van der Waals surface area contributed by atoms with Gasteiger partial charge in [-0.3, -0.25) is 48.9 Å². The Morgan fingerprint density at radius 1 is 0.306 bits per heavy atom. The Kier molecular flexibility index (Phi) is 40.3. The summed E-state index contributed by atoms with van der Waals surface area (Å²) < 4.78 is 126. The van der Waals surface area contributed by atoms with Crippen molar-refractivity contribution in [3.63, 3.8) is 0 Å². The average Bonchev–Trinajstić information content (AvgIpc) is 0.784. The highest BCUT2D eigenvalue weighted by Gasteiger charge is 2.25. The van der Waals surface area contributed by atoms with Crippen molar-refractivity contribution in [1.82, 2.24) is 24.9 Å². The first-order valence-corrected chi connectivity index (χ1v) is 54.2. The smallest absolute Gasteiger partial charge is 0.257 e. The van der Waals surface area contributed by atoms with Crippen molar-refractivity contribution in [2.24, 2.45) is 0 Å². The number of amides is 5. The molecule has 40 heteroatoms. The molecule has 0 saturated heterocycles. The van der Waals surface area contributed by atoms with Crippen LogP contribution < -0.4 is 26.6 Å². The highest BCUT2D eigenvalue weighted by molar-refractivity contribution is 7.92. The summed E-state index contributed by atoms with van der Waals surface area (Å²) in [5, 5.41) is 34.1. The first-order chi connectivity index (χ1) is 68.8. The molecule has 0 aliphatic heterocycles. The predicted octanol–water partition coefficient (Wildman–Crippen LogP) is 22.1. The number of nitrogens with one attached hydrogen (secondary N) is 5. The molecule has 0 spiro atoms. The number of carbonyl (C=O) groups excluding carboxylic acids is 5. The van der Waals surface area contributed by atoms with Crippen LogP contribution in [0.25, 0.3) is 56.3 Å². The number of carbonyl (C=O) groups is 5. The number of aliphatic hydroxyl groups is 2. The van der Waals surface area contributed by atoms with E-state index >= 15 is 0 Å². The zero-order chi connectivity index (χ0) is 104. The van der Waals surface area contributed by atoms with Crippen LogP contribution in [0.2, 0.25) is 35.2 Å². The van der Waals surface area contributed by atoms with E-state index in [1.807, 2.05) is 73.7 Å². The van der Waals surface area contributed by atoms with E-state index in [9.17, 15) is 66.1 Å². The monoisotopic (exact) mass is 2170 g/mol. The van der Waals surface area contributed by atoms with Gasteiger partial charge in [0.15, 0.2) is 49.2 Å². The molecule has 0 fully saturated rings. The van der Waals surface area contributed by atoms with Gasteiger partial charge in [-0.2, -0.15) is 0 Å². The molecule has 15 rings (SSSR count). The average molecular weight is 2180 g/mol. The summed E-state index contributed by atoms with van der Waals surface area (Å²) in [6.45, 7) is 4.63. The molecule has 0 atom stereocenters. The highest BCUT2D eigenvalue weighted by atomic mass is 35.5. The zero-order valence-electron chi connectivity index (χ0n) is 76.3. The molecule has 15 aromatic rings. The number of hydrogen-bond acceptors (Lipinski definition) is 23. The fourth-order valence-electron chi connectivity index (χ4n) is 13.4. The highest BCUT2D eigenvalue weighted by Crippen LogP contribution is 2.37. The number of halogens is 7. The normalized spacial score (nSPS) is 11.2. The van der Waals surface area contributed by atoms with Crippen LogP contribution in [-0.2, 0) is 53.9 Å². The summed E-state index contributed by atoms with van der Waals surface area (Å²) >= 11 is 43.6. The number of ether oxygens (including phenoxy) is 1. The van der Waals surface area contributed by atoms with E-state index in [1.54, 1.807) is 146 Å². The summed E-state index contributed by atoms with van der Waals surface area (Å²) in [6, 6.07) is 77.9. The van der Waals surface area contributed by atoms with Gasteiger partial charge in [-0.15, -0.1) is 6.58 Å². The van der Waals surface area contributed by atoms with Crippen LogP contribution in [-0.4, -0.2) is 162 Å². The maximum absolute atomic E-state index is 12.7. The molecular formula is C104H89Cl7N10O18S5. The van der Waals surface area contributed by atoms with E-state index in [0.717, 1.165) is 0 Å². The topological polar surface area (TPSA) is 430 Å². The van der Waals surface area contributed by atoms with Crippen LogP contribution in [0.4, 0.5) is 28.4 Å². The van der Waals surface area contributed by atoms with Crippen LogP contribution in [0.5, 0.6) is 0 Å². The van der Waals surface area contributed by atoms with Crippen molar-refractivity contribution < 1.29 is 81.0 Å². The lowest BCUT2D eigenvalue weighted by Crippen LogP contribution is -2.14. The maximum Gasteiger partial charge on any atom is 0.257 e. The predicted molar refractivity (Wildman–Crippen MR) is 567 cm³/mol. The van der Waals surface area contributed by atoms with Gasteiger partial charge in [-0.05, 0) is 274 Å². The lowest BCUT2D eigenvalue weighted by Gasteiger charge is -2.11. The van der Waals surface area contributed by atoms with E-state index in [1.165, 1.54) is 122 Å². The van der Waals surface area contributed by atoms with Gasteiger partial charge < -0.3 is 41.5 Å². The number of benzene rings is 10. The molecule has 144 heavy (non-hydrogen) atoms. The Hall–Kier alpha value is -13.3. The number of aromatic nitrogens is 5. The summed E-state index contributed by atoms with van der Waals surface area (Å²) in [7, 11) is -16.0. The molecule has 5 aromatic heterocycles. The zero-order valence-corrected chi connectivity index (χ0v) is 85.7. The second-order valence-electron chi connectivity index (χ2n) is 30.8. The minimum Gasteiger partial charge on any atom is -0.396 e. The van der Waals surface area contributed by atoms with Crippen LogP contribution in [0.3, 0.4) is 0 Å². The van der Waals surface area contributed by atoms with Gasteiger partial charge in [0.2, 0.25) is 0 Å². The number of methoxy groups -OCH3 is 1. The summed E-state index contributed by atoms with van der Waals surface area (Å²) in [5.41, 5.74) is 10.8. The Labute approximate surface area is 867 Å². The third-order valence-corrected chi connectivity index (χ3v) is 31.7. The molecule has 742 valence electrons. The summed E-state index contributed by atoms with van der Waals surface area (Å²) in [4.78, 5) is 84.7. The molecular weight excluding hydrogens is 2090 g/mol. The Balaban J connectivity index is 0.000000172. The largest absolute Gasteiger partial charge is 0.396 e. The first kappa shape index (κ1) is 111. The summed E-state index contributed by atoms with van der Waals surface area (Å²) in [6.07, 6.45) is 10.3. The van der Waals surface area contributed by atoms with Crippen molar-refractivity contribution >= 4 is 188 Å². The fourth-order valence-corrected chi connectivity index (χ4v) is 21.0. The minimum atomic E-state index is -3.66. The molecule has 10 aromatic carbocycles. The molecule has 7 N–H and O–H groups in total. The number of rotatable bonds is 32. The second kappa shape index (κ2) is 52.3. The van der Waals surface area contributed by atoms with Gasteiger partial charge in [-0.25, -0.2) is 42.1 Å². The lowest BCUT2D eigenvalue weighted by atomic mass is 10.1. The van der Waals surface area contributed by atoms with Crippen molar-refractivity contribution in [3.05, 3.63) is 398 Å². The maximum atomic E-state index is 12.7. The van der Waals surface area contributed by atoms with Gasteiger partial charge in [0.1, 0.15) is 0 Å². The van der Waals surface area contributed by atoms with Gasteiger partial charge >= 0.3 is 0 Å². The number of anilines is 5. The van der Waals surface area contributed by atoms with Crippen molar-refractivity contribution in [2.75, 3.05) is 82.3 Å². The third kappa shape index (κ3) is 31.1. The number of aliphatic hydroxyl groups excluding tert-OH is 2. The lowest BCUT2D eigenvalue weighted by molar-refractivity contribution is 0.101. The molecule has 0 unspecified atom stereocenters. The molecule has 0 saturated carbocycles. The van der Waals surface area contributed by atoms with E-state index in [4.69, 9.17) is 96.2 Å². The van der Waals surface area contributed by atoms with Gasteiger partial charge in [0.05, 0.1) is 141 Å². The van der Waals surface area contributed by atoms with Crippen LogP contribution >= 0.6 is 81.2 Å². The molecule has 5 amide bonds. The van der Waals surface area contributed by atoms with Crippen LogP contribution in [0.1, 0.15) is 71.6 Å². The Morgan fingerprint density at radius 2 is 0.569 bits per heavy atom. The number of hydrogen-bond donors (Lipinski definition) is 7. The van der Waals surface area contributed by atoms with Crippen molar-refractivity contribution in [3.8, 4) is 56.3 Å². The number of nitrogens with zero attached hydrogens (tertiary/aromatic N) is 5. The number of sulfone groups is 5. The van der Waals surface area contributed by atoms with E-state index < -0.39 is 73.4 Å². The molecule has 0 radical (unpaired) electrons. The minimum absolute atomic E-state index is 0.00133. The molecule has 0 aliphatic rings. The van der Waals surface area contributed by atoms with Crippen LogP contribution in [0.15, 0.2) is 359 Å². The van der Waals surface area contributed by atoms with Gasteiger partial charge in [0, 0.05) is 118 Å². The van der Waals surface area contributed by atoms with Crippen molar-refractivity contribution in [1.29, 1.82) is 0 Å². The van der Waals surface area contributed by atoms with E-state index in [2.05, 4.69) is 58.1 Å². The third-order valence-electron chi connectivity index (χ3n) is 20.6.